The van der Waals surface area contributed by atoms with Gasteiger partial charge in [-0.2, -0.15) is 0 Å². The zero-order valence-corrected chi connectivity index (χ0v) is 29.1. The molecule has 0 aromatic carbocycles. The van der Waals surface area contributed by atoms with Crippen LogP contribution < -0.4 is 0 Å². The molecule has 0 unspecified atom stereocenters. The summed E-state index contributed by atoms with van der Waals surface area (Å²) in [5.41, 5.74) is 0. The van der Waals surface area contributed by atoms with Gasteiger partial charge in [-0.25, -0.2) is 0 Å². The fourth-order valence-corrected chi connectivity index (χ4v) is 22.2. The quantitative estimate of drug-likeness (QED) is 0.130. The van der Waals surface area contributed by atoms with Crippen molar-refractivity contribution in [2.24, 2.45) is 0 Å². The van der Waals surface area contributed by atoms with Gasteiger partial charge in [0.15, 0.2) is 0 Å². The van der Waals surface area contributed by atoms with Crippen molar-refractivity contribution < 1.29 is 19.5 Å². The van der Waals surface area contributed by atoms with Gasteiger partial charge in [-0.3, -0.25) is 0 Å². The fourth-order valence-electron chi connectivity index (χ4n) is 3.31. The second kappa shape index (κ2) is 30.4. The van der Waals surface area contributed by atoms with Gasteiger partial charge in [0, 0.05) is 19.5 Å². The Morgan fingerprint density at radius 2 is 0.481 bits per heavy atom. The van der Waals surface area contributed by atoms with E-state index in [1.165, 1.54) is 77.0 Å². The number of rotatable bonds is 18. The molecule has 0 rings (SSSR count). The molecular weight excluding hydrogens is 591 g/mol. The third kappa shape index (κ3) is 28.2. The van der Waals surface area contributed by atoms with Crippen LogP contribution >= 0.6 is 0 Å². The van der Waals surface area contributed by atoms with Crippen LogP contribution in [-0.4, -0.2) is 39.5 Å². The molecule has 0 spiro atoms. The zero-order valence-electron chi connectivity index (χ0n) is 20.4. The molecule has 0 atom stereocenters. The monoisotopic (exact) mass is 646 g/mol. The van der Waals surface area contributed by atoms with Crippen LogP contribution in [0.5, 0.6) is 0 Å². The van der Waals surface area contributed by atoms with Crippen molar-refractivity contribution >= 4 is 39.5 Å². The molecule has 0 nitrogen and oxygen atoms in total. The first-order chi connectivity index (χ1) is 12.7. The summed E-state index contributed by atoms with van der Waals surface area (Å²) in [5, 5.41) is 0. The van der Waals surface area contributed by atoms with E-state index in [-0.39, 0.29) is 19.5 Å². The van der Waals surface area contributed by atoms with Crippen LogP contribution in [0.25, 0.3) is 0 Å². The van der Waals surface area contributed by atoms with E-state index in [1.54, 1.807) is 26.6 Å². The van der Waals surface area contributed by atoms with Crippen LogP contribution in [0.1, 0.15) is 119 Å². The maximum Gasteiger partial charge on any atom is 0 e. The first-order valence-electron chi connectivity index (χ1n) is 12.4. The largest absolute Gasteiger partial charge is 0 e. The van der Waals surface area contributed by atoms with Crippen LogP contribution in [0.3, 0.4) is 0 Å². The summed E-state index contributed by atoms with van der Waals surface area (Å²) < 4.78 is 10.1. The Labute approximate surface area is 202 Å². The van der Waals surface area contributed by atoms with E-state index in [4.69, 9.17) is 0 Å². The molecule has 0 heterocycles. The van der Waals surface area contributed by atoms with Crippen LogP contribution in [-0.2, 0) is 19.5 Å². The Hall–Kier alpha value is 2.22. The van der Waals surface area contributed by atoms with Gasteiger partial charge in [-0.05, 0) is 0 Å². The molecule has 2 radical (unpaired) electrons. The first kappa shape index (κ1) is 33.8. The summed E-state index contributed by atoms with van der Waals surface area (Å²) in [6, 6.07) is 0. The number of hydrogen-bond donors (Lipinski definition) is 0. The Balaban J connectivity index is -0.000000411. The van der Waals surface area contributed by atoms with E-state index in [0.717, 1.165) is 0 Å². The minimum Gasteiger partial charge on any atom is 0 e. The topological polar surface area (TPSA) is 0 Å². The predicted octanol–water partition coefficient (Wildman–Crippen LogP) is 9.76. The van der Waals surface area contributed by atoms with E-state index in [0.29, 0.717) is 0 Å². The Morgan fingerprint density at radius 3 is 0.593 bits per heavy atom. The first-order valence-corrected chi connectivity index (χ1v) is 24.5. The van der Waals surface area contributed by atoms with Crippen LogP contribution in [0, 0.1) is 0 Å². The molecule has 3 heteroatoms. The van der Waals surface area contributed by atoms with Crippen LogP contribution in [0.15, 0.2) is 0 Å². The summed E-state index contributed by atoms with van der Waals surface area (Å²) in [6.45, 7) is 14.0. The molecule has 0 aromatic heterocycles. The molecule has 0 saturated carbocycles. The summed E-state index contributed by atoms with van der Waals surface area (Å²) in [5.74, 6) is 0. The fraction of sp³-hybridized carbons (Fsp3) is 1.00. The maximum atomic E-state index is 2.33. The van der Waals surface area contributed by atoms with Crippen molar-refractivity contribution in [3.8, 4) is 0 Å². The molecule has 0 N–H and O–H groups in total. The molecule has 0 aliphatic heterocycles. The predicted molar refractivity (Wildman–Crippen MR) is 130 cm³/mol. The van der Waals surface area contributed by atoms with Gasteiger partial charge in [-0.1, -0.05) is 0 Å². The van der Waals surface area contributed by atoms with Gasteiger partial charge < -0.3 is 0 Å². The molecule has 0 fully saturated rings. The molecule has 160 valence electrons. The molecule has 0 aromatic rings. The molecule has 0 bridgehead atoms. The van der Waals surface area contributed by atoms with Gasteiger partial charge in [0.25, 0.3) is 0 Å². The third-order valence-corrected chi connectivity index (χ3v) is 23.5. The summed E-state index contributed by atoms with van der Waals surface area (Å²) in [7, 11) is 0. The number of hydrogen-bond acceptors (Lipinski definition) is 0. The van der Waals surface area contributed by atoms with Crippen molar-refractivity contribution in [2.75, 3.05) is 0 Å². The number of unbranched alkanes of at least 4 members (excludes halogenated alkanes) is 6. The molecule has 0 aliphatic rings. The maximum absolute atomic E-state index is 2.33. The van der Waals surface area contributed by atoms with Gasteiger partial charge >= 0.3 is 185 Å². The minimum atomic E-state index is -0.839. The second-order valence-corrected chi connectivity index (χ2v) is 25.2. The zero-order chi connectivity index (χ0) is 19.9. The molecule has 0 amide bonds. The van der Waals surface area contributed by atoms with Gasteiger partial charge in [0.05, 0.1) is 0 Å². The molecule has 0 aliphatic carbocycles. The average molecular weight is 646 g/mol. The van der Waals surface area contributed by atoms with E-state index in [2.05, 4.69) is 41.5 Å². The van der Waals surface area contributed by atoms with E-state index in [1.807, 2.05) is 0 Å². The van der Waals surface area contributed by atoms with Crippen molar-refractivity contribution in [3.05, 3.63) is 0 Å². The van der Waals surface area contributed by atoms with Gasteiger partial charge in [0.2, 0.25) is 0 Å². The smallest absolute Gasteiger partial charge is 0 e. The SMILES string of the molecule is CCC[CH2][Sn]([CH2]CCC)[CH2]CCC.CCC[CH2][Sn]([CH2]CCC)[CH2]CCC.[Zn]. The average Bonchev–Trinajstić information content (AvgIpc) is 2.67. The molecule has 27 heavy (non-hydrogen) atoms. The normalized spacial score (nSPS) is 10.7. The summed E-state index contributed by atoms with van der Waals surface area (Å²) >= 11 is -1.68. The Kier molecular flexibility index (Phi) is 38.1. The van der Waals surface area contributed by atoms with E-state index in [9.17, 15) is 0 Å². The van der Waals surface area contributed by atoms with Crippen molar-refractivity contribution in [3.63, 3.8) is 0 Å². The second-order valence-electron chi connectivity index (χ2n) is 8.12. The van der Waals surface area contributed by atoms with Crippen molar-refractivity contribution in [2.45, 2.75) is 145 Å². The van der Waals surface area contributed by atoms with Crippen molar-refractivity contribution in [1.29, 1.82) is 0 Å². The third-order valence-electron chi connectivity index (χ3n) is 5.30. The molecule has 0 saturated heterocycles. The van der Waals surface area contributed by atoms with Gasteiger partial charge in [0.1, 0.15) is 0 Å². The van der Waals surface area contributed by atoms with E-state index >= 15 is 0 Å². The summed E-state index contributed by atoms with van der Waals surface area (Å²) in [4.78, 5) is 0. The minimum absolute atomic E-state index is 0. The standard InChI is InChI=1S/6C4H9.2Sn.Zn/c6*1-3-4-2;;;/h6*1,3-4H2,2H3;;;. The Bertz CT molecular complexity index is 174. The van der Waals surface area contributed by atoms with E-state index < -0.39 is 39.5 Å². The van der Waals surface area contributed by atoms with Gasteiger partial charge in [-0.15, -0.1) is 0 Å². The van der Waals surface area contributed by atoms with Crippen molar-refractivity contribution in [1.82, 2.24) is 0 Å². The Morgan fingerprint density at radius 1 is 0.333 bits per heavy atom. The summed E-state index contributed by atoms with van der Waals surface area (Å²) in [6.07, 6.45) is 17.7. The van der Waals surface area contributed by atoms with Crippen LogP contribution in [0.4, 0.5) is 0 Å². The van der Waals surface area contributed by atoms with Crippen LogP contribution in [0.2, 0.25) is 26.6 Å². The molecular formula is C24H54Sn2Zn.